The molecule has 4 aromatic rings. The van der Waals surface area contributed by atoms with Gasteiger partial charge in [-0.05, 0) is 84.5 Å². The van der Waals surface area contributed by atoms with Crippen LogP contribution >= 0.6 is 27.5 Å². The summed E-state index contributed by atoms with van der Waals surface area (Å²) in [7, 11) is 1.47. The Morgan fingerprint density at radius 2 is 1.61 bits per heavy atom. The van der Waals surface area contributed by atoms with Gasteiger partial charge in [-0.1, -0.05) is 93.8 Å². The van der Waals surface area contributed by atoms with Gasteiger partial charge in [0.15, 0.2) is 11.5 Å². The number of hydrogen-bond acceptors (Lipinski definition) is 6. The second kappa shape index (κ2) is 12.7. The minimum atomic E-state index is -1.37. The van der Waals surface area contributed by atoms with Crippen molar-refractivity contribution in [1.29, 1.82) is 0 Å². The van der Waals surface area contributed by atoms with Crippen LogP contribution in [0.1, 0.15) is 24.0 Å². The highest BCUT2D eigenvalue weighted by molar-refractivity contribution is 9.10. The number of phenolic OH excluding ortho intramolecular Hbond substituents is 1. The molecule has 2 heterocycles. The van der Waals surface area contributed by atoms with E-state index in [1.807, 2.05) is 48.6 Å². The number of fused-ring (bicyclic) bond motifs is 4. The van der Waals surface area contributed by atoms with Crippen molar-refractivity contribution in [2.75, 3.05) is 16.9 Å². The minimum Gasteiger partial charge on any atom is -0.504 e. The lowest BCUT2D eigenvalue weighted by Gasteiger charge is -2.49. The Morgan fingerprint density at radius 1 is 0.843 bits per heavy atom. The third-order valence-corrected chi connectivity index (χ3v) is 11.8. The molecule has 0 spiro atoms. The van der Waals surface area contributed by atoms with E-state index in [0.29, 0.717) is 33.9 Å². The molecule has 2 aliphatic heterocycles. The van der Waals surface area contributed by atoms with Crippen LogP contribution in [0.4, 0.5) is 11.4 Å². The Kier molecular flexibility index (Phi) is 8.23. The second-order valence-electron chi connectivity index (χ2n) is 13.4. The molecule has 6 atom stereocenters. The molecule has 0 bridgehead atoms. The highest BCUT2D eigenvalue weighted by Gasteiger charge is 2.69. The molecule has 0 aromatic heterocycles. The Hall–Kier alpha value is -4.99. The molecule has 10 heteroatoms. The van der Waals surface area contributed by atoms with Gasteiger partial charge in [0.2, 0.25) is 23.6 Å². The fraction of sp³-hybridized carbons (Fsp3) is 0.220. The number of ether oxygens (including phenoxy) is 1. The van der Waals surface area contributed by atoms with Crippen LogP contribution in [0.2, 0.25) is 5.02 Å². The zero-order chi connectivity index (χ0) is 35.6. The van der Waals surface area contributed by atoms with Crippen LogP contribution < -0.4 is 14.5 Å². The van der Waals surface area contributed by atoms with E-state index in [9.17, 15) is 19.5 Å². The van der Waals surface area contributed by atoms with Crippen LogP contribution in [0.15, 0.2) is 119 Å². The molecule has 2 aliphatic carbocycles. The Morgan fingerprint density at radius 3 is 2.33 bits per heavy atom. The smallest absolute Gasteiger partial charge is 0.246 e. The number of amides is 4. The monoisotopic (exact) mass is 762 g/mol. The average molecular weight is 764 g/mol. The average Bonchev–Trinajstić information content (AvgIpc) is 3.53. The van der Waals surface area contributed by atoms with Gasteiger partial charge in [0.1, 0.15) is 0 Å². The van der Waals surface area contributed by atoms with Gasteiger partial charge in [-0.15, -0.1) is 0 Å². The number of carbonyl (C=O) groups is 4. The van der Waals surface area contributed by atoms with E-state index in [1.165, 1.54) is 23.0 Å². The third kappa shape index (κ3) is 5.08. The lowest BCUT2D eigenvalue weighted by Crippen LogP contribution is -2.54. The van der Waals surface area contributed by atoms with Crippen LogP contribution in [-0.4, -0.2) is 35.8 Å². The highest BCUT2D eigenvalue weighted by Crippen LogP contribution is 2.62. The molecule has 1 saturated carbocycles. The van der Waals surface area contributed by atoms with E-state index in [1.54, 1.807) is 60.7 Å². The lowest BCUT2D eigenvalue weighted by atomic mass is 9.50. The van der Waals surface area contributed by atoms with Crippen LogP contribution in [-0.2, 0) is 24.6 Å². The van der Waals surface area contributed by atoms with E-state index in [-0.39, 0.29) is 41.5 Å². The number of anilines is 2. The molecule has 4 aliphatic rings. The minimum absolute atomic E-state index is 0.0114. The molecule has 8 nitrogen and oxygen atoms in total. The topological polar surface area (TPSA) is 104 Å². The zero-order valence-electron chi connectivity index (χ0n) is 27.4. The van der Waals surface area contributed by atoms with Gasteiger partial charge in [-0.25, -0.2) is 4.90 Å². The summed E-state index contributed by atoms with van der Waals surface area (Å²) in [6, 6.07) is 28.1. The zero-order valence-corrected chi connectivity index (χ0v) is 29.8. The molecule has 1 N–H and O–H groups in total. The quantitative estimate of drug-likeness (QED) is 0.159. The Balaban J connectivity index is 1.32. The van der Waals surface area contributed by atoms with Crippen LogP contribution in [0.3, 0.4) is 0 Å². The van der Waals surface area contributed by atoms with E-state index < -0.39 is 35.0 Å². The molecule has 51 heavy (non-hydrogen) atoms. The van der Waals surface area contributed by atoms with Crippen molar-refractivity contribution in [3.8, 4) is 11.5 Å². The predicted octanol–water partition coefficient (Wildman–Crippen LogP) is 7.73. The number of allylic oxidation sites excluding steroid dienone is 3. The predicted molar refractivity (Wildman–Crippen MR) is 197 cm³/mol. The van der Waals surface area contributed by atoms with Crippen molar-refractivity contribution in [2.24, 2.45) is 29.6 Å². The maximum Gasteiger partial charge on any atom is 0.246 e. The number of aromatic hydroxyl groups is 1. The van der Waals surface area contributed by atoms with E-state index >= 15 is 4.79 Å². The number of nitrogens with zero attached hydrogens (tertiary/aromatic N) is 2. The summed E-state index contributed by atoms with van der Waals surface area (Å²) in [5, 5.41) is 10.7. The molecular weight excluding hydrogens is 732 g/mol. The van der Waals surface area contributed by atoms with Gasteiger partial charge in [0.05, 0.1) is 41.7 Å². The number of rotatable bonds is 6. The third-order valence-electron chi connectivity index (χ3n) is 11.0. The van der Waals surface area contributed by atoms with Gasteiger partial charge in [-0.3, -0.25) is 24.1 Å². The van der Waals surface area contributed by atoms with Gasteiger partial charge < -0.3 is 9.84 Å². The summed E-state index contributed by atoms with van der Waals surface area (Å²) in [6.07, 6.45) is 6.34. The first-order valence-corrected chi connectivity index (χ1v) is 17.9. The van der Waals surface area contributed by atoms with Crippen molar-refractivity contribution in [3.63, 3.8) is 0 Å². The summed E-state index contributed by atoms with van der Waals surface area (Å²) < 4.78 is 6.18. The number of phenols is 1. The summed E-state index contributed by atoms with van der Waals surface area (Å²) in [5.74, 6) is -4.36. The fourth-order valence-corrected chi connectivity index (χ4v) is 9.29. The second-order valence-corrected chi connectivity index (χ2v) is 14.8. The van der Waals surface area contributed by atoms with Crippen LogP contribution in [0.25, 0.3) is 6.08 Å². The van der Waals surface area contributed by atoms with E-state index in [2.05, 4.69) is 15.9 Å². The van der Waals surface area contributed by atoms with Gasteiger partial charge in [0.25, 0.3) is 0 Å². The molecule has 4 aromatic carbocycles. The molecule has 8 rings (SSSR count). The first kappa shape index (κ1) is 33.2. The lowest BCUT2D eigenvalue weighted by molar-refractivity contribution is -0.128. The van der Waals surface area contributed by atoms with E-state index in [0.717, 1.165) is 10.0 Å². The summed E-state index contributed by atoms with van der Waals surface area (Å²) in [6.45, 7) is 0. The van der Waals surface area contributed by atoms with Crippen molar-refractivity contribution in [2.45, 2.75) is 18.3 Å². The Labute approximate surface area is 308 Å². The number of halogens is 2. The molecule has 6 unspecified atom stereocenters. The summed E-state index contributed by atoms with van der Waals surface area (Å²) >= 11 is 9.83. The highest BCUT2D eigenvalue weighted by atomic mass is 79.9. The van der Waals surface area contributed by atoms with Crippen molar-refractivity contribution in [3.05, 3.63) is 135 Å². The van der Waals surface area contributed by atoms with Gasteiger partial charge in [0, 0.05) is 15.4 Å². The molecule has 4 amide bonds. The molecule has 0 radical (unpaired) electrons. The number of carbonyl (C=O) groups excluding carboxylic acids is 4. The van der Waals surface area contributed by atoms with Crippen molar-refractivity contribution < 1.29 is 29.0 Å². The molecule has 3 fully saturated rings. The number of benzene rings is 4. The van der Waals surface area contributed by atoms with Gasteiger partial charge in [-0.2, -0.15) is 0 Å². The van der Waals surface area contributed by atoms with Crippen molar-refractivity contribution in [1.82, 2.24) is 0 Å². The summed E-state index contributed by atoms with van der Waals surface area (Å²) in [5.41, 5.74) is 1.74. The van der Waals surface area contributed by atoms with E-state index in [4.69, 9.17) is 16.3 Å². The number of imide groups is 2. The molecular formula is C41H32BrClN2O6. The fourth-order valence-electron chi connectivity index (χ4n) is 8.84. The standard InChI is InChI=1S/C41H32BrClN2O6/c1-51-35-20-23(11-19-34(35)46)10-18-32-29-16-17-30-36(39(49)44(37(30)47)27-14-12-25(42)13-15-27)31(29)22-33-38(48)45(28-9-5-8-26(43)21-28)40(50)41(32,33)24-6-3-2-4-7-24/h2-16,18-21,30-33,36,46H,17,22H2,1H3. The van der Waals surface area contributed by atoms with Crippen LogP contribution in [0.5, 0.6) is 11.5 Å². The Bertz CT molecular complexity index is 2170. The molecule has 2 saturated heterocycles. The summed E-state index contributed by atoms with van der Waals surface area (Å²) in [4.78, 5) is 61.0. The first-order valence-electron chi connectivity index (χ1n) is 16.7. The normalized spacial score (nSPS) is 27.0. The maximum atomic E-state index is 15.2. The number of methoxy groups -OCH3 is 1. The first-order chi connectivity index (χ1) is 24.6. The number of hydrogen-bond donors (Lipinski definition) is 1. The largest absolute Gasteiger partial charge is 0.504 e. The van der Waals surface area contributed by atoms with Crippen molar-refractivity contribution >= 4 is 68.6 Å². The maximum absolute atomic E-state index is 15.2. The van der Waals surface area contributed by atoms with Gasteiger partial charge >= 0.3 is 0 Å². The SMILES string of the molecule is COc1cc(C=CC2C3=CCC4C(=O)N(c5ccc(Br)cc5)C(=O)C4C3CC3C(=O)N(c4cccc(Cl)c4)C(=O)C23c2ccccc2)ccc1O. The molecule has 256 valence electrons. The van der Waals surface area contributed by atoms with Crippen LogP contribution in [0, 0.1) is 29.6 Å².